The summed E-state index contributed by atoms with van der Waals surface area (Å²) in [7, 11) is 0. The molecule has 0 atom stereocenters. The first-order valence-electron chi connectivity index (χ1n) is 8.70. The summed E-state index contributed by atoms with van der Waals surface area (Å²) in [5.41, 5.74) is 0. The van der Waals surface area contributed by atoms with E-state index in [9.17, 15) is 9.59 Å². The lowest BCUT2D eigenvalue weighted by atomic mass is 9.96. The van der Waals surface area contributed by atoms with E-state index >= 15 is 0 Å². The standard InChI is InChI=1S/C20H22N2O3S/c23-19(7-6-18-4-2-14-26-18)21-15-16-9-11-22(12-10-16)20(24)8-5-17-3-1-13-25-17/h1-8,13-14,16H,9-12,15H2,(H,21,23). The second kappa shape index (κ2) is 9.20. The molecule has 0 spiro atoms. The first-order valence-corrected chi connectivity index (χ1v) is 9.58. The second-order valence-corrected chi connectivity index (χ2v) is 7.19. The van der Waals surface area contributed by atoms with Crippen LogP contribution >= 0.6 is 11.3 Å². The van der Waals surface area contributed by atoms with Crippen LogP contribution in [0, 0.1) is 5.92 Å². The summed E-state index contributed by atoms with van der Waals surface area (Å²) in [4.78, 5) is 27.0. The average Bonchev–Trinajstić information content (AvgIpc) is 3.37. The molecule has 1 N–H and O–H groups in total. The van der Waals surface area contributed by atoms with E-state index in [1.54, 1.807) is 41.9 Å². The lowest BCUT2D eigenvalue weighted by Gasteiger charge is -2.31. The van der Waals surface area contributed by atoms with E-state index in [1.165, 1.54) is 0 Å². The molecule has 0 radical (unpaired) electrons. The van der Waals surface area contributed by atoms with Crippen molar-refractivity contribution < 1.29 is 14.0 Å². The van der Waals surface area contributed by atoms with Crippen molar-refractivity contribution in [1.29, 1.82) is 0 Å². The van der Waals surface area contributed by atoms with Gasteiger partial charge in [-0.05, 0) is 54.5 Å². The zero-order valence-corrected chi connectivity index (χ0v) is 15.3. The van der Waals surface area contributed by atoms with Crippen LogP contribution in [0.25, 0.3) is 12.2 Å². The molecule has 1 aliphatic rings. The highest BCUT2D eigenvalue weighted by Gasteiger charge is 2.21. The number of nitrogens with one attached hydrogen (secondary N) is 1. The molecule has 6 heteroatoms. The molecule has 0 saturated carbocycles. The maximum absolute atomic E-state index is 12.2. The molecule has 0 aromatic carbocycles. The van der Waals surface area contributed by atoms with E-state index in [2.05, 4.69) is 5.32 Å². The SMILES string of the molecule is O=C(C=Cc1cccs1)NCC1CCN(C(=O)C=Cc2ccco2)CC1. The molecule has 1 fully saturated rings. The molecule has 0 aliphatic carbocycles. The van der Waals surface area contributed by atoms with E-state index in [0.29, 0.717) is 31.3 Å². The molecule has 1 saturated heterocycles. The molecule has 2 aromatic rings. The van der Waals surface area contributed by atoms with Gasteiger partial charge in [0.25, 0.3) is 0 Å². The third-order valence-electron chi connectivity index (χ3n) is 4.37. The second-order valence-electron chi connectivity index (χ2n) is 6.21. The van der Waals surface area contributed by atoms with Crippen molar-refractivity contribution in [3.8, 4) is 0 Å². The Morgan fingerprint density at radius 2 is 2.04 bits per heavy atom. The molecule has 0 bridgehead atoms. The number of hydrogen-bond acceptors (Lipinski definition) is 4. The first kappa shape index (κ1) is 18.2. The molecule has 2 amide bonds. The molecule has 26 heavy (non-hydrogen) atoms. The van der Waals surface area contributed by atoms with Crippen molar-refractivity contribution >= 4 is 35.3 Å². The third kappa shape index (κ3) is 5.46. The van der Waals surface area contributed by atoms with Gasteiger partial charge in [0.2, 0.25) is 11.8 Å². The van der Waals surface area contributed by atoms with E-state index in [1.807, 2.05) is 34.6 Å². The van der Waals surface area contributed by atoms with Gasteiger partial charge in [0, 0.05) is 36.7 Å². The Bertz CT molecular complexity index is 755. The summed E-state index contributed by atoms with van der Waals surface area (Å²) in [5.74, 6) is 1.01. The fraction of sp³-hybridized carbons (Fsp3) is 0.300. The van der Waals surface area contributed by atoms with Crippen molar-refractivity contribution in [3.05, 3.63) is 58.7 Å². The summed E-state index contributed by atoms with van der Waals surface area (Å²) in [5, 5.41) is 4.93. The monoisotopic (exact) mass is 370 g/mol. The summed E-state index contributed by atoms with van der Waals surface area (Å²) in [6, 6.07) is 7.54. The maximum atomic E-state index is 12.2. The molecular formula is C20H22N2O3S. The highest BCUT2D eigenvalue weighted by Crippen LogP contribution is 2.17. The predicted octanol–water partition coefficient (Wildman–Crippen LogP) is 3.42. The van der Waals surface area contributed by atoms with Gasteiger partial charge in [0.1, 0.15) is 5.76 Å². The minimum Gasteiger partial charge on any atom is -0.465 e. The van der Waals surface area contributed by atoms with Gasteiger partial charge in [0.05, 0.1) is 6.26 Å². The minimum absolute atomic E-state index is 0.00256. The summed E-state index contributed by atoms with van der Waals surface area (Å²) < 4.78 is 5.18. The van der Waals surface area contributed by atoms with Crippen LogP contribution in [0.15, 0.2) is 52.5 Å². The number of carbonyl (C=O) groups excluding carboxylic acids is 2. The molecule has 0 unspecified atom stereocenters. The highest BCUT2D eigenvalue weighted by atomic mass is 32.1. The Morgan fingerprint density at radius 3 is 2.73 bits per heavy atom. The van der Waals surface area contributed by atoms with Crippen LogP contribution in [-0.4, -0.2) is 36.3 Å². The van der Waals surface area contributed by atoms with E-state index in [4.69, 9.17) is 4.42 Å². The molecule has 2 aromatic heterocycles. The van der Waals surface area contributed by atoms with Gasteiger partial charge in [-0.25, -0.2) is 0 Å². The number of hydrogen-bond donors (Lipinski definition) is 1. The summed E-state index contributed by atoms with van der Waals surface area (Å²) in [6.07, 6.45) is 10.0. The Labute approximate surface area is 157 Å². The van der Waals surface area contributed by atoms with E-state index < -0.39 is 0 Å². The number of thiophene rings is 1. The molecule has 5 nitrogen and oxygen atoms in total. The number of likely N-dealkylation sites (tertiary alicyclic amines) is 1. The van der Waals surface area contributed by atoms with Crippen molar-refractivity contribution in [2.24, 2.45) is 5.92 Å². The quantitative estimate of drug-likeness (QED) is 0.793. The van der Waals surface area contributed by atoms with Crippen molar-refractivity contribution in [2.75, 3.05) is 19.6 Å². The molecule has 3 rings (SSSR count). The zero-order valence-electron chi connectivity index (χ0n) is 14.5. The summed E-state index contributed by atoms with van der Waals surface area (Å²) >= 11 is 1.60. The first-order chi connectivity index (χ1) is 12.7. The third-order valence-corrected chi connectivity index (χ3v) is 5.20. The number of nitrogens with zero attached hydrogens (tertiary/aromatic N) is 1. The van der Waals surface area contributed by atoms with Crippen LogP contribution in [0.2, 0.25) is 0 Å². The molecule has 136 valence electrons. The van der Waals surface area contributed by atoms with Gasteiger partial charge in [0.15, 0.2) is 0 Å². The van der Waals surface area contributed by atoms with Gasteiger partial charge in [-0.3, -0.25) is 9.59 Å². The van der Waals surface area contributed by atoms with E-state index in [0.717, 1.165) is 17.7 Å². The lowest BCUT2D eigenvalue weighted by molar-refractivity contribution is -0.127. The molecule has 1 aliphatic heterocycles. The predicted molar refractivity (Wildman–Crippen MR) is 103 cm³/mol. The number of furan rings is 1. The van der Waals surface area contributed by atoms with Crippen LogP contribution in [0.5, 0.6) is 0 Å². The normalized spacial score (nSPS) is 15.8. The largest absolute Gasteiger partial charge is 0.465 e. The van der Waals surface area contributed by atoms with Gasteiger partial charge >= 0.3 is 0 Å². The maximum Gasteiger partial charge on any atom is 0.246 e. The Morgan fingerprint density at radius 1 is 1.19 bits per heavy atom. The van der Waals surface area contributed by atoms with Crippen LogP contribution < -0.4 is 5.32 Å². The average molecular weight is 370 g/mol. The van der Waals surface area contributed by atoms with Crippen molar-refractivity contribution in [2.45, 2.75) is 12.8 Å². The topological polar surface area (TPSA) is 62.6 Å². The molecule has 3 heterocycles. The van der Waals surface area contributed by atoms with Crippen LogP contribution in [0.4, 0.5) is 0 Å². The Hall–Kier alpha value is -2.60. The molecular weight excluding hydrogens is 348 g/mol. The smallest absolute Gasteiger partial charge is 0.246 e. The van der Waals surface area contributed by atoms with Gasteiger partial charge in [-0.2, -0.15) is 0 Å². The van der Waals surface area contributed by atoms with Gasteiger partial charge in [-0.1, -0.05) is 6.07 Å². The fourth-order valence-electron chi connectivity index (χ4n) is 2.85. The highest BCUT2D eigenvalue weighted by molar-refractivity contribution is 7.10. The number of piperidine rings is 1. The zero-order chi connectivity index (χ0) is 18.2. The van der Waals surface area contributed by atoms with E-state index in [-0.39, 0.29) is 11.8 Å². The van der Waals surface area contributed by atoms with Crippen LogP contribution in [0.3, 0.4) is 0 Å². The van der Waals surface area contributed by atoms with Crippen LogP contribution in [0.1, 0.15) is 23.5 Å². The number of carbonyl (C=O) groups is 2. The van der Waals surface area contributed by atoms with Crippen LogP contribution in [-0.2, 0) is 9.59 Å². The van der Waals surface area contributed by atoms with Gasteiger partial charge < -0.3 is 14.6 Å². The Kier molecular flexibility index (Phi) is 6.44. The summed E-state index contributed by atoms with van der Waals surface area (Å²) in [6.45, 7) is 2.08. The number of rotatable bonds is 6. The lowest BCUT2D eigenvalue weighted by Crippen LogP contribution is -2.40. The minimum atomic E-state index is -0.0710. The van der Waals surface area contributed by atoms with Crippen molar-refractivity contribution in [1.82, 2.24) is 10.2 Å². The number of amides is 2. The fourth-order valence-corrected chi connectivity index (χ4v) is 3.47. The van der Waals surface area contributed by atoms with Crippen molar-refractivity contribution in [3.63, 3.8) is 0 Å². The Balaban J connectivity index is 1.37. The van der Waals surface area contributed by atoms with Gasteiger partial charge in [-0.15, -0.1) is 11.3 Å².